The first-order chi connectivity index (χ1) is 11.7. The van der Waals surface area contributed by atoms with Crippen LogP contribution in [0, 0.1) is 22.7 Å². The molecule has 0 heterocycles. The largest absolute Gasteiger partial charge is 0.392 e. The van der Waals surface area contributed by atoms with Crippen molar-refractivity contribution >= 4 is 23.5 Å². The molecule has 4 N–H and O–H groups in total. The summed E-state index contributed by atoms with van der Waals surface area (Å²) in [7, 11) is 0. The van der Waals surface area contributed by atoms with Crippen molar-refractivity contribution in [2.45, 2.75) is 9.79 Å². The molecule has 4 nitrogen and oxygen atoms in total. The zero-order valence-corrected chi connectivity index (χ0v) is 14.3. The van der Waals surface area contributed by atoms with Gasteiger partial charge in [0.2, 0.25) is 0 Å². The lowest BCUT2D eigenvalue weighted by atomic mass is 10.1. The molecule has 2 rings (SSSR count). The predicted octanol–water partition coefficient (Wildman–Crippen LogP) is 3.96. The highest BCUT2D eigenvalue weighted by molar-refractivity contribution is 8.03. The normalized spacial score (nSPS) is 12.4. The minimum absolute atomic E-state index is 0.0901. The van der Waals surface area contributed by atoms with Crippen molar-refractivity contribution < 1.29 is 0 Å². The standard InChI is InChI=1S/C18H14N4S2/c19-11-15(17(21)23-13-7-3-1-4-8-13)16(12-20)18(22)24-14-9-5-2-6-10-14/h1-10H,21-22H2/b17-15+,18-16+. The van der Waals surface area contributed by atoms with Crippen LogP contribution in [-0.4, -0.2) is 0 Å². The Kier molecular flexibility index (Phi) is 6.39. The van der Waals surface area contributed by atoms with Gasteiger partial charge in [-0.25, -0.2) is 0 Å². The summed E-state index contributed by atoms with van der Waals surface area (Å²) in [6.07, 6.45) is 0. The number of benzene rings is 2. The molecule has 0 fully saturated rings. The fourth-order valence-electron chi connectivity index (χ4n) is 1.80. The lowest BCUT2D eigenvalue weighted by molar-refractivity contribution is 1.34. The molecule has 0 unspecified atom stereocenters. The van der Waals surface area contributed by atoms with Crippen LogP contribution in [0.3, 0.4) is 0 Å². The first-order valence-electron chi connectivity index (χ1n) is 6.91. The first-order valence-corrected chi connectivity index (χ1v) is 8.55. The Balaban J connectivity index is 2.35. The maximum absolute atomic E-state index is 9.44. The number of hydrogen-bond acceptors (Lipinski definition) is 6. The smallest absolute Gasteiger partial charge is 0.103 e. The van der Waals surface area contributed by atoms with Crippen LogP contribution < -0.4 is 11.5 Å². The number of nitrogens with zero attached hydrogens (tertiary/aromatic N) is 2. The monoisotopic (exact) mass is 350 g/mol. The van der Waals surface area contributed by atoms with E-state index in [0.717, 1.165) is 9.79 Å². The number of hydrogen-bond donors (Lipinski definition) is 2. The van der Waals surface area contributed by atoms with Gasteiger partial charge in [0, 0.05) is 9.79 Å². The summed E-state index contributed by atoms with van der Waals surface area (Å²) >= 11 is 2.46. The van der Waals surface area contributed by atoms with E-state index in [-0.39, 0.29) is 21.2 Å². The Morgan fingerprint density at radius 1 is 0.667 bits per heavy atom. The van der Waals surface area contributed by atoms with Crippen molar-refractivity contribution in [2.75, 3.05) is 0 Å². The van der Waals surface area contributed by atoms with Gasteiger partial charge >= 0.3 is 0 Å². The molecule has 0 atom stereocenters. The quantitative estimate of drug-likeness (QED) is 0.481. The molecular weight excluding hydrogens is 336 g/mol. The van der Waals surface area contributed by atoms with E-state index in [1.165, 1.54) is 23.5 Å². The van der Waals surface area contributed by atoms with E-state index in [0.29, 0.717) is 0 Å². The van der Waals surface area contributed by atoms with Gasteiger partial charge in [-0.3, -0.25) is 0 Å². The topological polar surface area (TPSA) is 99.6 Å². The molecule has 0 aliphatic heterocycles. The van der Waals surface area contributed by atoms with E-state index < -0.39 is 0 Å². The number of allylic oxidation sites excluding steroid dienone is 2. The molecule has 0 saturated heterocycles. The van der Waals surface area contributed by atoms with E-state index in [1.54, 1.807) is 0 Å². The zero-order chi connectivity index (χ0) is 17.4. The van der Waals surface area contributed by atoms with E-state index >= 15 is 0 Å². The summed E-state index contributed by atoms with van der Waals surface area (Å²) in [4.78, 5) is 1.77. The SMILES string of the molecule is N#CC(=C(/N)Sc1ccccc1)/C(C#N)=C(\N)Sc1ccccc1. The molecule has 0 radical (unpaired) electrons. The molecule has 0 saturated carbocycles. The molecular formula is C18H14N4S2. The molecule has 2 aromatic rings. The van der Waals surface area contributed by atoms with Gasteiger partial charge in [0.15, 0.2) is 0 Å². The fraction of sp³-hybridized carbons (Fsp3) is 0. The van der Waals surface area contributed by atoms with Crippen LogP contribution in [0.15, 0.2) is 91.7 Å². The summed E-state index contributed by atoms with van der Waals surface area (Å²) in [5.74, 6) is 0. The van der Waals surface area contributed by atoms with Gasteiger partial charge in [-0.1, -0.05) is 59.9 Å². The molecule has 0 bridgehead atoms. The molecule has 0 aliphatic rings. The Morgan fingerprint density at radius 3 is 1.29 bits per heavy atom. The van der Waals surface area contributed by atoms with Crippen LogP contribution in [0.4, 0.5) is 0 Å². The summed E-state index contributed by atoms with van der Waals surface area (Å²) in [5.41, 5.74) is 12.3. The van der Waals surface area contributed by atoms with Crippen LogP contribution in [-0.2, 0) is 0 Å². The second-order valence-electron chi connectivity index (χ2n) is 4.53. The highest BCUT2D eigenvalue weighted by Gasteiger charge is 2.15. The van der Waals surface area contributed by atoms with Crippen LogP contribution in [0.5, 0.6) is 0 Å². The number of thioether (sulfide) groups is 2. The second kappa shape index (κ2) is 8.73. The second-order valence-corrected chi connectivity index (χ2v) is 6.76. The van der Waals surface area contributed by atoms with Gasteiger partial charge in [0.25, 0.3) is 0 Å². The fourth-order valence-corrected chi connectivity index (χ4v) is 3.40. The Hall–Kier alpha value is -2.80. The van der Waals surface area contributed by atoms with Crippen LogP contribution in [0.25, 0.3) is 0 Å². The maximum Gasteiger partial charge on any atom is 0.103 e. The minimum Gasteiger partial charge on any atom is -0.392 e. The van der Waals surface area contributed by atoms with Gasteiger partial charge in [0.05, 0.1) is 10.1 Å². The van der Waals surface area contributed by atoms with Crippen molar-refractivity contribution in [3.8, 4) is 12.1 Å². The summed E-state index contributed by atoms with van der Waals surface area (Å²) in [6, 6.07) is 22.8. The molecule has 0 spiro atoms. The van der Waals surface area contributed by atoms with E-state index in [1.807, 2.05) is 72.8 Å². The van der Waals surface area contributed by atoms with Gasteiger partial charge in [-0.15, -0.1) is 0 Å². The first kappa shape index (κ1) is 17.6. The number of rotatable bonds is 5. The summed E-state index contributed by atoms with van der Waals surface area (Å²) < 4.78 is 0. The maximum atomic E-state index is 9.44. The molecule has 0 aromatic heterocycles. The number of nitriles is 2. The predicted molar refractivity (Wildman–Crippen MR) is 98.3 cm³/mol. The third-order valence-corrected chi connectivity index (χ3v) is 4.77. The average Bonchev–Trinajstić information content (AvgIpc) is 2.61. The average molecular weight is 350 g/mol. The highest BCUT2D eigenvalue weighted by Crippen LogP contribution is 2.31. The Morgan fingerprint density at radius 2 is 1.00 bits per heavy atom. The summed E-state index contributed by atoms with van der Waals surface area (Å²) in [5, 5.41) is 19.4. The van der Waals surface area contributed by atoms with E-state index in [2.05, 4.69) is 0 Å². The lowest BCUT2D eigenvalue weighted by Gasteiger charge is -2.08. The van der Waals surface area contributed by atoms with Crippen molar-refractivity contribution in [3.05, 3.63) is 81.9 Å². The Labute approximate surface area is 149 Å². The van der Waals surface area contributed by atoms with Crippen molar-refractivity contribution in [2.24, 2.45) is 11.5 Å². The zero-order valence-electron chi connectivity index (χ0n) is 12.6. The van der Waals surface area contributed by atoms with Gasteiger partial charge < -0.3 is 11.5 Å². The van der Waals surface area contributed by atoms with Crippen LogP contribution >= 0.6 is 23.5 Å². The van der Waals surface area contributed by atoms with E-state index in [9.17, 15) is 10.5 Å². The molecule has 0 aliphatic carbocycles. The van der Waals surface area contributed by atoms with Crippen LogP contribution in [0.1, 0.15) is 0 Å². The molecule has 24 heavy (non-hydrogen) atoms. The van der Waals surface area contributed by atoms with Crippen LogP contribution in [0.2, 0.25) is 0 Å². The summed E-state index contributed by atoms with van der Waals surface area (Å²) in [6.45, 7) is 0. The minimum atomic E-state index is 0.0901. The Bertz CT molecular complexity index is 771. The van der Waals surface area contributed by atoms with Crippen molar-refractivity contribution in [1.82, 2.24) is 0 Å². The molecule has 0 amide bonds. The van der Waals surface area contributed by atoms with Crippen molar-refractivity contribution in [1.29, 1.82) is 10.5 Å². The van der Waals surface area contributed by atoms with Gasteiger partial charge in [-0.2, -0.15) is 10.5 Å². The molecule has 2 aromatic carbocycles. The third-order valence-electron chi connectivity index (χ3n) is 2.91. The van der Waals surface area contributed by atoms with Crippen molar-refractivity contribution in [3.63, 3.8) is 0 Å². The highest BCUT2D eigenvalue weighted by atomic mass is 32.2. The number of nitrogens with two attached hydrogens (primary N) is 2. The van der Waals surface area contributed by atoms with Gasteiger partial charge in [0.1, 0.15) is 23.3 Å². The lowest BCUT2D eigenvalue weighted by Crippen LogP contribution is -2.05. The molecule has 6 heteroatoms. The third kappa shape index (κ3) is 4.60. The molecule has 118 valence electrons. The van der Waals surface area contributed by atoms with Gasteiger partial charge in [-0.05, 0) is 24.3 Å². The van der Waals surface area contributed by atoms with E-state index in [4.69, 9.17) is 11.5 Å².